The lowest BCUT2D eigenvalue weighted by molar-refractivity contribution is 0.155. The van der Waals surface area contributed by atoms with Gasteiger partial charge in [0.2, 0.25) is 0 Å². The van der Waals surface area contributed by atoms with Crippen LogP contribution in [0.1, 0.15) is 18.6 Å². The van der Waals surface area contributed by atoms with Gasteiger partial charge in [-0.1, -0.05) is 5.16 Å². The molecule has 1 aliphatic rings. The van der Waals surface area contributed by atoms with Crippen LogP contribution in [0.2, 0.25) is 0 Å². The van der Waals surface area contributed by atoms with Crippen molar-refractivity contribution >= 4 is 0 Å². The van der Waals surface area contributed by atoms with Crippen LogP contribution in [0.5, 0.6) is 0 Å². The van der Waals surface area contributed by atoms with Crippen molar-refractivity contribution in [2.24, 2.45) is 11.7 Å². The summed E-state index contributed by atoms with van der Waals surface area (Å²) in [5.41, 5.74) is 5.68. The van der Waals surface area contributed by atoms with Gasteiger partial charge in [-0.05, 0) is 31.8 Å². The minimum Gasteiger partial charge on any atom is -0.360 e. The molecule has 2 heterocycles. The van der Waals surface area contributed by atoms with Crippen LogP contribution in [0, 0.1) is 5.92 Å². The Bertz CT molecular complexity index is 260. The summed E-state index contributed by atoms with van der Waals surface area (Å²) in [7, 11) is 0. The number of likely N-dealkylation sites (tertiary alicyclic amines) is 1. The van der Waals surface area contributed by atoms with Gasteiger partial charge < -0.3 is 10.3 Å². The average Bonchev–Trinajstić information content (AvgIpc) is 2.71. The predicted molar refractivity (Wildman–Crippen MR) is 53.6 cm³/mol. The summed E-state index contributed by atoms with van der Waals surface area (Å²) in [5, 5.41) is 3.70. The molecule has 14 heavy (non-hydrogen) atoms. The second-order valence-corrected chi connectivity index (χ2v) is 3.96. The summed E-state index contributed by atoms with van der Waals surface area (Å²) in [6.45, 7) is 3.91. The third-order valence-electron chi connectivity index (χ3n) is 2.81. The van der Waals surface area contributed by atoms with Gasteiger partial charge >= 0.3 is 0 Å². The van der Waals surface area contributed by atoms with Crippen LogP contribution in [0.15, 0.2) is 16.8 Å². The zero-order chi connectivity index (χ0) is 9.80. The van der Waals surface area contributed by atoms with E-state index in [0.29, 0.717) is 5.92 Å². The first-order valence-corrected chi connectivity index (χ1v) is 5.20. The monoisotopic (exact) mass is 195 g/mol. The van der Waals surface area contributed by atoms with Gasteiger partial charge in [0.1, 0.15) is 0 Å². The van der Waals surface area contributed by atoms with Crippen LogP contribution in [0.4, 0.5) is 0 Å². The molecule has 0 saturated carbocycles. The van der Waals surface area contributed by atoms with Crippen molar-refractivity contribution < 1.29 is 4.52 Å². The smallest absolute Gasteiger partial charge is 0.150 e. The maximum Gasteiger partial charge on any atom is 0.150 e. The maximum atomic E-state index is 5.68. The van der Waals surface area contributed by atoms with Gasteiger partial charge in [0.05, 0.1) is 12.7 Å². The summed E-state index contributed by atoms with van der Waals surface area (Å²) in [6.07, 6.45) is 4.21. The van der Waals surface area contributed by atoms with E-state index < -0.39 is 0 Å². The fraction of sp³-hybridized carbons (Fsp3) is 0.700. The van der Waals surface area contributed by atoms with Crippen molar-refractivity contribution in [3.05, 3.63) is 18.0 Å². The fourth-order valence-electron chi connectivity index (χ4n) is 2.03. The molecule has 0 bridgehead atoms. The molecule has 1 fully saturated rings. The van der Waals surface area contributed by atoms with E-state index in [2.05, 4.69) is 10.1 Å². The van der Waals surface area contributed by atoms with Crippen LogP contribution >= 0.6 is 0 Å². The number of rotatable bonds is 3. The first-order chi connectivity index (χ1) is 6.88. The third-order valence-corrected chi connectivity index (χ3v) is 2.81. The van der Waals surface area contributed by atoms with E-state index in [1.54, 1.807) is 6.20 Å². The molecule has 4 heteroatoms. The van der Waals surface area contributed by atoms with Crippen LogP contribution < -0.4 is 5.73 Å². The van der Waals surface area contributed by atoms with Crippen LogP contribution in [-0.2, 0) is 6.54 Å². The predicted octanol–water partition coefficient (Wildman–Crippen LogP) is 0.845. The Morgan fingerprint density at radius 3 is 3.29 bits per heavy atom. The van der Waals surface area contributed by atoms with Gasteiger partial charge in [-0.15, -0.1) is 0 Å². The number of nitrogens with two attached hydrogens (primary N) is 1. The summed E-state index contributed by atoms with van der Waals surface area (Å²) < 4.78 is 5.08. The minimum absolute atomic E-state index is 0.659. The van der Waals surface area contributed by atoms with E-state index in [1.165, 1.54) is 12.8 Å². The molecule has 0 aliphatic carbocycles. The normalized spacial score (nSPS) is 23.9. The Morgan fingerprint density at radius 2 is 2.57 bits per heavy atom. The molecule has 0 radical (unpaired) electrons. The molecule has 1 aromatic heterocycles. The number of piperidine rings is 1. The zero-order valence-electron chi connectivity index (χ0n) is 8.35. The number of nitrogens with zero attached hydrogens (tertiary/aromatic N) is 2. The molecule has 0 aromatic carbocycles. The van der Waals surface area contributed by atoms with E-state index in [1.807, 2.05) is 6.07 Å². The van der Waals surface area contributed by atoms with Crippen molar-refractivity contribution in [1.82, 2.24) is 10.1 Å². The molecule has 1 unspecified atom stereocenters. The molecule has 2 N–H and O–H groups in total. The lowest BCUT2D eigenvalue weighted by atomic mass is 9.98. The molecular weight excluding hydrogens is 178 g/mol. The largest absolute Gasteiger partial charge is 0.360 e. The van der Waals surface area contributed by atoms with Gasteiger partial charge in [-0.2, -0.15) is 0 Å². The average molecular weight is 195 g/mol. The van der Waals surface area contributed by atoms with E-state index >= 15 is 0 Å². The van der Waals surface area contributed by atoms with Gasteiger partial charge in [0.15, 0.2) is 5.76 Å². The lowest BCUT2D eigenvalue weighted by Gasteiger charge is -2.31. The first kappa shape index (κ1) is 9.68. The van der Waals surface area contributed by atoms with E-state index in [9.17, 15) is 0 Å². The zero-order valence-corrected chi connectivity index (χ0v) is 8.35. The third kappa shape index (κ3) is 2.33. The number of hydrogen-bond acceptors (Lipinski definition) is 4. The molecule has 4 nitrogen and oxygen atoms in total. The highest BCUT2D eigenvalue weighted by Gasteiger charge is 2.19. The molecule has 1 atom stereocenters. The second kappa shape index (κ2) is 4.57. The fourth-order valence-corrected chi connectivity index (χ4v) is 2.03. The Balaban J connectivity index is 1.86. The van der Waals surface area contributed by atoms with Crippen molar-refractivity contribution in [2.45, 2.75) is 19.4 Å². The molecule has 1 saturated heterocycles. The highest BCUT2D eigenvalue weighted by atomic mass is 16.5. The summed E-state index contributed by atoms with van der Waals surface area (Å²) in [4.78, 5) is 2.39. The number of hydrogen-bond donors (Lipinski definition) is 1. The highest BCUT2D eigenvalue weighted by molar-refractivity contribution is 4.93. The highest BCUT2D eigenvalue weighted by Crippen LogP contribution is 2.17. The Hall–Kier alpha value is -0.870. The van der Waals surface area contributed by atoms with Gasteiger partial charge in [0, 0.05) is 12.6 Å². The van der Waals surface area contributed by atoms with Crippen LogP contribution in [0.25, 0.3) is 0 Å². The molecule has 78 valence electrons. The molecular formula is C10H17N3O. The lowest BCUT2D eigenvalue weighted by Crippen LogP contribution is -2.37. The van der Waals surface area contributed by atoms with E-state index in [-0.39, 0.29) is 0 Å². The summed E-state index contributed by atoms with van der Waals surface area (Å²) in [6, 6.07) is 1.92. The standard InChI is InChI=1S/C10H17N3O/c11-6-9-2-1-5-13(7-9)8-10-3-4-12-14-10/h3-4,9H,1-2,5-8,11H2. The SMILES string of the molecule is NCC1CCCN(Cc2ccno2)C1. The van der Waals surface area contributed by atoms with E-state index in [0.717, 1.165) is 31.9 Å². The van der Waals surface area contributed by atoms with Crippen molar-refractivity contribution in [1.29, 1.82) is 0 Å². The first-order valence-electron chi connectivity index (χ1n) is 5.20. The minimum atomic E-state index is 0.659. The van der Waals surface area contributed by atoms with E-state index in [4.69, 9.17) is 10.3 Å². The molecule has 1 aliphatic heterocycles. The molecule has 2 rings (SSSR count). The van der Waals surface area contributed by atoms with Crippen molar-refractivity contribution in [2.75, 3.05) is 19.6 Å². The topological polar surface area (TPSA) is 55.3 Å². The Morgan fingerprint density at radius 1 is 1.64 bits per heavy atom. The quantitative estimate of drug-likeness (QED) is 0.776. The van der Waals surface area contributed by atoms with Crippen LogP contribution in [-0.4, -0.2) is 29.7 Å². The van der Waals surface area contributed by atoms with Crippen LogP contribution in [0.3, 0.4) is 0 Å². The van der Waals surface area contributed by atoms with Gasteiger partial charge in [-0.25, -0.2) is 0 Å². The maximum absolute atomic E-state index is 5.68. The molecule has 0 spiro atoms. The van der Waals surface area contributed by atoms with Crippen molar-refractivity contribution in [3.63, 3.8) is 0 Å². The molecule has 0 amide bonds. The summed E-state index contributed by atoms with van der Waals surface area (Å²) in [5.74, 6) is 1.61. The molecule has 1 aromatic rings. The summed E-state index contributed by atoms with van der Waals surface area (Å²) >= 11 is 0. The number of aromatic nitrogens is 1. The van der Waals surface area contributed by atoms with Gasteiger partial charge in [0.25, 0.3) is 0 Å². The van der Waals surface area contributed by atoms with Crippen molar-refractivity contribution in [3.8, 4) is 0 Å². The Labute approximate surface area is 84.0 Å². The van der Waals surface area contributed by atoms with Gasteiger partial charge in [-0.3, -0.25) is 4.90 Å². The second-order valence-electron chi connectivity index (χ2n) is 3.96. The Kier molecular flexibility index (Phi) is 3.16.